The lowest BCUT2D eigenvalue weighted by Gasteiger charge is -2.38. The summed E-state index contributed by atoms with van der Waals surface area (Å²) in [6.07, 6.45) is 8.47. The maximum atomic E-state index is 12.9. The molecule has 2 aliphatic rings. The second-order valence-corrected chi connectivity index (χ2v) is 7.27. The molecule has 0 bridgehead atoms. The molecule has 6 nitrogen and oxygen atoms in total. The summed E-state index contributed by atoms with van der Waals surface area (Å²) in [4.78, 5) is 21.7. The quantitative estimate of drug-likeness (QED) is 0.849. The van der Waals surface area contributed by atoms with Crippen LogP contribution in [0.15, 0.2) is 18.5 Å². The van der Waals surface area contributed by atoms with Crippen LogP contribution in [0.3, 0.4) is 0 Å². The van der Waals surface area contributed by atoms with E-state index in [1.807, 2.05) is 17.2 Å². The van der Waals surface area contributed by atoms with E-state index in [4.69, 9.17) is 0 Å². The molecule has 2 aromatic rings. The highest BCUT2D eigenvalue weighted by molar-refractivity contribution is 5.97. The van der Waals surface area contributed by atoms with Gasteiger partial charge in [0.1, 0.15) is 0 Å². The fraction of sp³-hybridized carbons (Fsp3) is 0.611. The van der Waals surface area contributed by atoms with Gasteiger partial charge in [0.25, 0.3) is 5.91 Å². The third kappa shape index (κ3) is 2.69. The number of rotatable bonds is 2. The zero-order valence-corrected chi connectivity index (χ0v) is 14.5. The predicted molar refractivity (Wildman–Crippen MR) is 93.0 cm³/mol. The zero-order chi connectivity index (χ0) is 16.7. The normalized spacial score (nSPS) is 23.2. The minimum absolute atomic E-state index is 0.0821. The molecule has 3 heterocycles. The molecule has 1 saturated heterocycles. The van der Waals surface area contributed by atoms with Crippen LogP contribution in [0.4, 0.5) is 0 Å². The van der Waals surface area contributed by atoms with E-state index in [1.54, 1.807) is 6.20 Å². The molecule has 0 unspecified atom stereocenters. The van der Waals surface area contributed by atoms with Crippen molar-refractivity contribution >= 4 is 16.9 Å². The minimum Gasteiger partial charge on any atom is -0.333 e. The Kier molecular flexibility index (Phi) is 4.00. The third-order valence-electron chi connectivity index (χ3n) is 5.44. The first-order valence-electron chi connectivity index (χ1n) is 8.96. The molecular formula is C18H25N5O. The number of aromatic nitrogens is 3. The summed E-state index contributed by atoms with van der Waals surface area (Å²) in [5.41, 5.74) is 1.58. The average molecular weight is 327 g/mol. The average Bonchev–Trinajstić information content (AvgIpc) is 3.22. The number of nitrogens with zero attached hydrogens (tertiary/aromatic N) is 5. The van der Waals surface area contributed by atoms with Gasteiger partial charge >= 0.3 is 0 Å². The van der Waals surface area contributed by atoms with Gasteiger partial charge in [-0.05, 0) is 32.9 Å². The summed E-state index contributed by atoms with van der Waals surface area (Å²) in [5, 5.41) is 5.50. The van der Waals surface area contributed by atoms with Crippen molar-refractivity contribution in [3.8, 4) is 0 Å². The lowest BCUT2D eigenvalue weighted by molar-refractivity contribution is 0.0533. The number of carbonyl (C=O) groups excluding carboxylic acids is 1. The van der Waals surface area contributed by atoms with Crippen molar-refractivity contribution in [2.24, 2.45) is 0 Å². The SMILES string of the molecule is C[C@H]1CN(C)CCN1C(=O)c1cnc2c(cnn2C2CCCC2)c1. The number of piperazine rings is 1. The molecule has 0 radical (unpaired) electrons. The molecule has 0 aromatic carbocycles. The van der Waals surface area contributed by atoms with Gasteiger partial charge in [0.2, 0.25) is 0 Å². The van der Waals surface area contributed by atoms with Crippen molar-refractivity contribution in [1.82, 2.24) is 24.6 Å². The molecule has 128 valence electrons. The molecule has 2 aromatic heterocycles. The Balaban J connectivity index is 1.60. The first kappa shape index (κ1) is 15.6. The standard InChI is InChI=1S/C18H25N5O/c1-13-12-21(2)7-8-22(13)18(24)15-9-14-11-20-23(17(14)19-10-15)16-5-3-4-6-16/h9-11,13,16H,3-8,12H2,1-2H3/t13-/m0/s1. The van der Waals surface area contributed by atoms with Crippen LogP contribution in [-0.2, 0) is 0 Å². The smallest absolute Gasteiger partial charge is 0.255 e. The molecule has 1 aliphatic carbocycles. The summed E-state index contributed by atoms with van der Waals surface area (Å²) >= 11 is 0. The van der Waals surface area contributed by atoms with E-state index in [9.17, 15) is 4.79 Å². The first-order chi connectivity index (χ1) is 11.6. The van der Waals surface area contributed by atoms with Gasteiger partial charge in [0.05, 0.1) is 17.8 Å². The third-order valence-corrected chi connectivity index (χ3v) is 5.44. The van der Waals surface area contributed by atoms with Crippen LogP contribution >= 0.6 is 0 Å². The molecule has 0 N–H and O–H groups in total. The van der Waals surface area contributed by atoms with E-state index in [0.717, 1.165) is 30.7 Å². The Morgan fingerprint density at radius 1 is 1.21 bits per heavy atom. The van der Waals surface area contributed by atoms with Crippen molar-refractivity contribution < 1.29 is 4.79 Å². The highest BCUT2D eigenvalue weighted by atomic mass is 16.2. The summed E-state index contributed by atoms with van der Waals surface area (Å²) in [6.45, 7) is 4.72. The van der Waals surface area contributed by atoms with Crippen molar-refractivity contribution in [3.63, 3.8) is 0 Å². The van der Waals surface area contributed by atoms with Crippen LogP contribution in [0.25, 0.3) is 11.0 Å². The van der Waals surface area contributed by atoms with Gasteiger partial charge < -0.3 is 9.80 Å². The van der Waals surface area contributed by atoms with Crippen molar-refractivity contribution in [2.75, 3.05) is 26.7 Å². The van der Waals surface area contributed by atoms with Crippen LogP contribution in [0.1, 0.15) is 49.0 Å². The predicted octanol–water partition coefficient (Wildman–Crippen LogP) is 2.32. The Hall–Kier alpha value is -1.95. The number of fused-ring (bicyclic) bond motifs is 1. The zero-order valence-electron chi connectivity index (χ0n) is 14.5. The van der Waals surface area contributed by atoms with Gasteiger partial charge in [0, 0.05) is 37.3 Å². The molecule has 1 saturated carbocycles. The van der Waals surface area contributed by atoms with Crippen molar-refractivity contribution in [1.29, 1.82) is 0 Å². The molecular weight excluding hydrogens is 302 g/mol. The lowest BCUT2D eigenvalue weighted by atomic mass is 10.1. The summed E-state index contributed by atoms with van der Waals surface area (Å²) in [7, 11) is 2.10. The second kappa shape index (κ2) is 6.16. The Bertz CT molecular complexity index is 749. The van der Waals surface area contributed by atoms with Crippen molar-refractivity contribution in [3.05, 3.63) is 24.0 Å². The molecule has 2 fully saturated rings. The first-order valence-corrected chi connectivity index (χ1v) is 8.96. The molecule has 6 heteroatoms. The van der Waals surface area contributed by atoms with Crippen LogP contribution in [0.5, 0.6) is 0 Å². The molecule has 0 spiro atoms. The summed E-state index contributed by atoms with van der Waals surface area (Å²) in [6, 6.07) is 2.65. The molecule has 24 heavy (non-hydrogen) atoms. The van der Waals surface area contributed by atoms with Crippen LogP contribution in [-0.4, -0.2) is 63.2 Å². The molecule has 1 aliphatic heterocycles. The van der Waals surface area contributed by atoms with Gasteiger partial charge in [-0.1, -0.05) is 12.8 Å². The van der Waals surface area contributed by atoms with E-state index < -0.39 is 0 Å². The van der Waals surface area contributed by atoms with Crippen LogP contribution in [0.2, 0.25) is 0 Å². The summed E-state index contributed by atoms with van der Waals surface area (Å²) in [5.74, 6) is 0.0821. The van der Waals surface area contributed by atoms with Crippen LogP contribution in [0, 0.1) is 0 Å². The maximum absolute atomic E-state index is 12.9. The number of likely N-dealkylation sites (N-methyl/N-ethyl adjacent to an activating group) is 1. The van der Waals surface area contributed by atoms with E-state index >= 15 is 0 Å². The number of carbonyl (C=O) groups is 1. The monoisotopic (exact) mass is 327 g/mol. The highest BCUT2D eigenvalue weighted by Gasteiger charge is 2.27. The Morgan fingerprint density at radius 2 is 2.00 bits per heavy atom. The molecule has 1 amide bonds. The molecule has 1 atom stereocenters. The van der Waals surface area contributed by atoms with Crippen LogP contribution < -0.4 is 0 Å². The number of hydrogen-bond acceptors (Lipinski definition) is 4. The summed E-state index contributed by atoms with van der Waals surface area (Å²) < 4.78 is 2.05. The van der Waals surface area contributed by atoms with Gasteiger partial charge in [0.15, 0.2) is 5.65 Å². The fourth-order valence-electron chi connectivity index (χ4n) is 4.08. The van der Waals surface area contributed by atoms with E-state index in [1.165, 1.54) is 25.7 Å². The minimum atomic E-state index is 0.0821. The number of amides is 1. The largest absolute Gasteiger partial charge is 0.333 e. The lowest BCUT2D eigenvalue weighted by Crippen LogP contribution is -2.52. The number of hydrogen-bond donors (Lipinski definition) is 0. The van der Waals surface area contributed by atoms with Gasteiger partial charge in [-0.25, -0.2) is 9.67 Å². The van der Waals surface area contributed by atoms with Gasteiger partial charge in [-0.3, -0.25) is 4.79 Å². The maximum Gasteiger partial charge on any atom is 0.255 e. The van der Waals surface area contributed by atoms with E-state index in [0.29, 0.717) is 11.6 Å². The Morgan fingerprint density at radius 3 is 2.75 bits per heavy atom. The fourth-order valence-corrected chi connectivity index (χ4v) is 4.08. The topological polar surface area (TPSA) is 54.3 Å². The van der Waals surface area contributed by atoms with Gasteiger partial charge in [-0.15, -0.1) is 0 Å². The van der Waals surface area contributed by atoms with E-state index in [-0.39, 0.29) is 11.9 Å². The van der Waals surface area contributed by atoms with E-state index in [2.05, 4.69) is 33.6 Å². The highest BCUT2D eigenvalue weighted by Crippen LogP contribution is 2.31. The van der Waals surface area contributed by atoms with Gasteiger partial charge in [-0.2, -0.15) is 5.10 Å². The Labute approximate surface area is 142 Å². The second-order valence-electron chi connectivity index (χ2n) is 7.27. The van der Waals surface area contributed by atoms with Crippen molar-refractivity contribution in [2.45, 2.75) is 44.7 Å². The number of pyridine rings is 1. The molecule has 4 rings (SSSR count).